The molecule has 2 aromatic rings. The number of H-pyrrole nitrogens is 1. The van der Waals surface area contributed by atoms with E-state index >= 15 is 0 Å². The first-order chi connectivity index (χ1) is 7.99. The zero-order valence-corrected chi connectivity index (χ0v) is 9.02. The van der Waals surface area contributed by atoms with Gasteiger partial charge >= 0.3 is 0 Å². The van der Waals surface area contributed by atoms with E-state index in [1.165, 1.54) is 6.20 Å². The fourth-order valence-corrected chi connectivity index (χ4v) is 1.56. The van der Waals surface area contributed by atoms with Crippen molar-refractivity contribution >= 4 is 12.2 Å². The molecule has 0 bridgehead atoms. The Hall–Kier alpha value is -1.89. The summed E-state index contributed by atoms with van der Waals surface area (Å²) in [6, 6.07) is 2.17. The molecule has 0 saturated heterocycles. The van der Waals surface area contributed by atoms with Gasteiger partial charge in [0.25, 0.3) is 5.56 Å². The number of benzene rings is 1. The molecule has 1 aromatic carbocycles. The van der Waals surface area contributed by atoms with Crippen molar-refractivity contribution in [2.45, 2.75) is 0 Å². The summed E-state index contributed by atoms with van der Waals surface area (Å²) in [7, 11) is 0. The van der Waals surface area contributed by atoms with Crippen LogP contribution < -0.4 is 5.56 Å². The number of nitrogens with one attached hydrogen (secondary N) is 1. The number of hydrogen-bond acceptors (Lipinski definition) is 2. The van der Waals surface area contributed by atoms with Gasteiger partial charge in [0.1, 0.15) is 5.82 Å². The Labute approximate surface area is 98.2 Å². The molecule has 0 unspecified atom stereocenters. The van der Waals surface area contributed by atoms with Crippen LogP contribution in [0.4, 0.5) is 13.2 Å². The van der Waals surface area contributed by atoms with Crippen molar-refractivity contribution in [2.24, 2.45) is 0 Å². The smallest absolute Gasteiger partial charge is 0.251 e. The maximum Gasteiger partial charge on any atom is 0.251 e. The van der Waals surface area contributed by atoms with Crippen LogP contribution in [0.25, 0.3) is 5.69 Å². The van der Waals surface area contributed by atoms with E-state index in [-0.39, 0.29) is 10.5 Å². The highest BCUT2D eigenvalue weighted by Crippen LogP contribution is 2.17. The van der Waals surface area contributed by atoms with Gasteiger partial charge in [-0.15, -0.1) is 0 Å². The first-order valence-electron chi connectivity index (χ1n) is 4.46. The summed E-state index contributed by atoms with van der Waals surface area (Å²) in [5.41, 5.74) is -0.737. The van der Waals surface area contributed by atoms with Gasteiger partial charge in [-0.25, -0.2) is 13.2 Å². The summed E-state index contributed by atoms with van der Waals surface area (Å²) in [6.07, 6.45) is 1.18. The molecule has 0 aliphatic heterocycles. The predicted molar refractivity (Wildman–Crippen MR) is 57.1 cm³/mol. The maximum absolute atomic E-state index is 13.4. The average Bonchev–Trinajstić information content (AvgIpc) is 2.24. The summed E-state index contributed by atoms with van der Waals surface area (Å²) in [5, 5.41) is 0. The van der Waals surface area contributed by atoms with Crippen molar-refractivity contribution in [3.05, 3.63) is 57.0 Å². The van der Waals surface area contributed by atoms with Crippen LogP contribution >= 0.6 is 12.2 Å². The number of aromatic amines is 1. The third-order valence-corrected chi connectivity index (χ3v) is 2.37. The molecular formula is C10H5F3N2OS. The molecule has 0 aliphatic rings. The van der Waals surface area contributed by atoms with E-state index in [9.17, 15) is 18.0 Å². The molecule has 1 N–H and O–H groups in total. The zero-order chi connectivity index (χ0) is 12.6. The highest BCUT2D eigenvalue weighted by Gasteiger charge is 2.11. The second-order valence-corrected chi connectivity index (χ2v) is 3.58. The van der Waals surface area contributed by atoms with Crippen LogP contribution in [0.2, 0.25) is 0 Å². The zero-order valence-electron chi connectivity index (χ0n) is 8.21. The number of rotatable bonds is 1. The van der Waals surface area contributed by atoms with Crippen LogP contribution in [0, 0.1) is 22.2 Å². The summed E-state index contributed by atoms with van der Waals surface area (Å²) in [5.74, 6) is -3.47. The fraction of sp³-hybridized carbons (Fsp3) is 0. The van der Waals surface area contributed by atoms with Crippen molar-refractivity contribution < 1.29 is 13.2 Å². The van der Waals surface area contributed by atoms with Crippen molar-refractivity contribution in [1.29, 1.82) is 0 Å². The lowest BCUT2D eigenvalue weighted by molar-refractivity contribution is 0.492. The van der Waals surface area contributed by atoms with E-state index < -0.39 is 23.0 Å². The standard InChI is InChI=1S/C10H5F3N2OS/c11-5-3-7(13)8(4-6(5)12)15-2-1-9(16)14-10(15)17/h1-4H,(H,14,16,17). The van der Waals surface area contributed by atoms with E-state index in [1.54, 1.807) is 0 Å². The van der Waals surface area contributed by atoms with E-state index in [0.29, 0.717) is 12.1 Å². The van der Waals surface area contributed by atoms with Gasteiger partial charge < -0.3 is 0 Å². The Balaban J connectivity index is 2.73. The minimum Gasteiger partial charge on any atom is -0.299 e. The number of halogens is 3. The minimum atomic E-state index is -1.29. The fourth-order valence-electron chi connectivity index (χ4n) is 1.30. The van der Waals surface area contributed by atoms with E-state index in [1.807, 2.05) is 0 Å². The van der Waals surface area contributed by atoms with Gasteiger partial charge in [0, 0.05) is 24.4 Å². The molecule has 0 radical (unpaired) electrons. The molecule has 0 saturated carbocycles. The SMILES string of the molecule is O=c1ccn(-c2cc(F)c(F)cc2F)c(=S)[nH]1. The van der Waals surface area contributed by atoms with Gasteiger partial charge in [0.15, 0.2) is 16.4 Å². The molecule has 3 nitrogen and oxygen atoms in total. The Kier molecular flexibility index (Phi) is 2.84. The molecule has 0 atom stereocenters. The first kappa shape index (κ1) is 11.6. The molecule has 88 valence electrons. The van der Waals surface area contributed by atoms with E-state index in [2.05, 4.69) is 4.98 Å². The molecule has 0 amide bonds. The lowest BCUT2D eigenvalue weighted by atomic mass is 10.3. The predicted octanol–water partition coefficient (Wildman–Crippen LogP) is 2.31. The molecule has 0 spiro atoms. The summed E-state index contributed by atoms with van der Waals surface area (Å²) < 4.78 is 40.1. The van der Waals surface area contributed by atoms with Gasteiger partial charge in [0.2, 0.25) is 0 Å². The monoisotopic (exact) mass is 258 g/mol. The van der Waals surface area contributed by atoms with Gasteiger partial charge in [-0.1, -0.05) is 0 Å². The Morgan fingerprint density at radius 1 is 1.12 bits per heavy atom. The molecule has 17 heavy (non-hydrogen) atoms. The third kappa shape index (κ3) is 2.14. The van der Waals surface area contributed by atoms with Crippen molar-refractivity contribution in [3.8, 4) is 5.69 Å². The van der Waals surface area contributed by atoms with Crippen LogP contribution in [0.1, 0.15) is 0 Å². The summed E-state index contributed by atoms with van der Waals surface area (Å²) >= 11 is 4.78. The largest absolute Gasteiger partial charge is 0.299 e. The topological polar surface area (TPSA) is 37.8 Å². The maximum atomic E-state index is 13.4. The van der Waals surface area contributed by atoms with Gasteiger partial charge in [-0.05, 0) is 12.2 Å². The Morgan fingerprint density at radius 2 is 1.76 bits per heavy atom. The summed E-state index contributed by atoms with van der Waals surface area (Å²) in [4.78, 5) is 13.2. The highest BCUT2D eigenvalue weighted by molar-refractivity contribution is 7.71. The lowest BCUT2D eigenvalue weighted by Crippen LogP contribution is -2.11. The quantitative estimate of drug-likeness (QED) is 0.629. The van der Waals surface area contributed by atoms with E-state index in [0.717, 1.165) is 10.6 Å². The second kappa shape index (κ2) is 4.17. The number of aromatic nitrogens is 2. The third-order valence-electron chi connectivity index (χ3n) is 2.07. The number of nitrogens with zero attached hydrogens (tertiary/aromatic N) is 1. The van der Waals surface area contributed by atoms with Crippen molar-refractivity contribution in [1.82, 2.24) is 9.55 Å². The molecule has 2 rings (SSSR count). The van der Waals surface area contributed by atoms with Crippen LogP contribution in [0.3, 0.4) is 0 Å². The second-order valence-electron chi connectivity index (χ2n) is 3.20. The van der Waals surface area contributed by atoms with Crippen molar-refractivity contribution in [3.63, 3.8) is 0 Å². The summed E-state index contributed by atoms with van der Waals surface area (Å²) in [6.45, 7) is 0. The Morgan fingerprint density at radius 3 is 2.41 bits per heavy atom. The normalized spacial score (nSPS) is 10.5. The van der Waals surface area contributed by atoms with Crippen LogP contribution in [-0.2, 0) is 0 Å². The van der Waals surface area contributed by atoms with Crippen LogP contribution in [0.5, 0.6) is 0 Å². The van der Waals surface area contributed by atoms with Crippen molar-refractivity contribution in [2.75, 3.05) is 0 Å². The number of hydrogen-bond donors (Lipinski definition) is 1. The molecular weight excluding hydrogens is 253 g/mol. The molecule has 7 heteroatoms. The van der Waals surface area contributed by atoms with Crippen LogP contribution in [-0.4, -0.2) is 9.55 Å². The first-order valence-corrected chi connectivity index (χ1v) is 4.87. The lowest BCUT2D eigenvalue weighted by Gasteiger charge is -2.07. The molecule has 0 fully saturated rings. The highest BCUT2D eigenvalue weighted by atomic mass is 32.1. The van der Waals surface area contributed by atoms with Gasteiger partial charge in [0.05, 0.1) is 5.69 Å². The molecule has 0 aliphatic carbocycles. The van der Waals surface area contributed by atoms with E-state index in [4.69, 9.17) is 12.2 Å². The minimum absolute atomic E-state index is 0.109. The van der Waals surface area contributed by atoms with Crippen LogP contribution in [0.15, 0.2) is 29.2 Å². The average molecular weight is 258 g/mol. The molecule has 1 aromatic heterocycles. The molecule has 1 heterocycles. The Bertz CT molecular complexity index is 693. The van der Waals surface area contributed by atoms with Gasteiger partial charge in [-0.2, -0.15) is 0 Å². The van der Waals surface area contributed by atoms with Gasteiger partial charge in [-0.3, -0.25) is 14.3 Å².